The highest BCUT2D eigenvalue weighted by Crippen LogP contribution is 2.19. The van der Waals surface area contributed by atoms with E-state index < -0.39 is 5.82 Å². The van der Waals surface area contributed by atoms with Gasteiger partial charge >= 0.3 is 0 Å². The minimum Gasteiger partial charge on any atom is -0.507 e. The van der Waals surface area contributed by atoms with Crippen LogP contribution in [0.5, 0.6) is 5.75 Å². The molecule has 0 atom stereocenters. The summed E-state index contributed by atoms with van der Waals surface area (Å²) < 4.78 is 13.1. The molecule has 0 radical (unpaired) electrons. The average Bonchev–Trinajstić information content (AvgIpc) is 2.77. The number of ketones is 1. The maximum absolute atomic E-state index is 13.1. The molecule has 0 saturated carbocycles. The lowest BCUT2D eigenvalue weighted by atomic mass is 10.1. The zero-order chi connectivity index (χ0) is 14.7. The Morgan fingerprint density at radius 1 is 1.50 bits per heavy atom. The van der Waals surface area contributed by atoms with Gasteiger partial charge in [0.05, 0.1) is 23.3 Å². The third-order valence-corrected chi connectivity index (χ3v) is 3.85. The number of phenols is 1. The van der Waals surface area contributed by atoms with Gasteiger partial charge in [0.25, 0.3) is 0 Å². The maximum atomic E-state index is 13.1. The molecule has 1 aromatic carbocycles. The highest BCUT2D eigenvalue weighted by molar-refractivity contribution is 7.09. The number of benzene rings is 1. The Balaban J connectivity index is 2.04. The average molecular weight is 294 g/mol. The van der Waals surface area contributed by atoms with Gasteiger partial charge in [0, 0.05) is 11.4 Å². The lowest BCUT2D eigenvalue weighted by Crippen LogP contribution is -2.25. The molecule has 20 heavy (non-hydrogen) atoms. The lowest BCUT2D eigenvalue weighted by Gasteiger charge is -2.15. The van der Waals surface area contributed by atoms with E-state index in [0.717, 1.165) is 22.7 Å². The summed E-state index contributed by atoms with van der Waals surface area (Å²) in [5.74, 6) is -1.04. The van der Waals surface area contributed by atoms with Gasteiger partial charge < -0.3 is 5.11 Å². The van der Waals surface area contributed by atoms with Gasteiger partial charge in [-0.1, -0.05) is 0 Å². The zero-order valence-electron chi connectivity index (χ0n) is 11.3. The smallest absolute Gasteiger partial charge is 0.180 e. The van der Waals surface area contributed by atoms with Crippen molar-refractivity contribution in [1.82, 2.24) is 9.88 Å². The molecule has 0 amide bonds. The number of Topliss-reactive ketones (excluding diaryl/α,β-unsaturated/α-hetero) is 1. The van der Waals surface area contributed by atoms with Crippen LogP contribution in [0.4, 0.5) is 4.39 Å². The van der Waals surface area contributed by atoms with E-state index in [9.17, 15) is 14.3 Å². The van der Waals surface area contributed by atoms with E-state index in [2.05, 4.69) is 4.98 Å². The van der Waals surface area contributed by atoms with Gasteiger partial charge in [-0.05, 0) is 32.2 Å². The van der Waals surface area contributed by atoms with Gasteiger partial charge in [0.2, 0.25) is 0 Å². The lowest BCUT2D eigenvalue weighted by molar-refractivity contribution is 0.0940. The number of aryl methyl sites for hydroxylation is 1. The molecule has 2 aromatic rings. The number of carbonyl (C=O) groups is 1. The SMILES string of the molecule is Cc1ncsc1CN(C)CC(=O)c1cc(F)ccc1O. The highest BCUT2D eigenvalue weighted by Gasteiger charge is 2.15. The van der Waals surface area contributed by atoms with Crippen molar-refractivity contribution < 1.29 is 14.3 Å². The Bertz CT molecular complexity index is 627. The molecule has 0 spiro atoms. The second-order valence-corrected chi connectivity index (χ2v) is 5.56. The van der Waals surface area contributed by atoms with Crippen LogP contribution in [0.1, 0.15) is 20.9 Å². The predicted octanol–water partition coefficient (Wildman–Crippen LogP) is 2.61. The van der Waals surface area contributed by atoms with E-state index in [4.69, 9.17) is 0 Å². The monoisotopic (exact) mass is 294 g/mol. The fraction of sp³-hybridized carbons (Fsp3) is 0.286. The number of hydrogen-bond acceptors (Lipinski definition) is 5. The molecule has 0 aliphatic heterocycles. The predicted molar refractivity (Wildman–Crippen MR) is 75.6 cm³/mol. The fourth-order valence-corrected chi connectivity index (χ4v) is 2.70. The van der Waals surface area contributed by atoms with E-state index in [1.165, 1.54) is 17.4 Å². The minimum absolute atomic E-state index is 0.0119. The fourth-order valence-electron chi connectivity index (χ4n) is 1.84. The quantitative estimate of drug-likeness (QED) is 0.861. The van der Waals surface area contributed by atoms with Crippen LogP contribution in [0.15, 0.2) is 23.7 Å². The highest BCUT2D eigenvalue weighted by atomic mass is 32.1. The third kappa shape index (κ3) is 3.40. The Labute approximate surface area is 120 Å². The molecule has 1 heterocycles. The summed E-state index contributed by atoms with van der Waals surface area (Å²) in [5.41, 5.74) is 2.72. The van der Waals surface area contributed by atoms with Gasteiger partial charge in [-0.25, -0.2) is 9.37 Å². The standard InChI is InChI=1S/C14H15FN2O2S/c1-9-14(20-8-16-9)7-17(2)6-13(19)11-5-10(15)3-4-12(11)18/h3-5,8,18H,6-7H2,1-2H3. The molecule has 1 aromatic heterocycles. The summed E-state index contributed by atoms with van der Waals surface area (Å²) in [7, 11) is 1.80. The summed E-state index contributed by atoms with van der Waals surface area (Å²) >= 11 is 1.53. The van der Waals surface area contributed by atoms with Crippen LogP contribution in [-0.4, -0.2) is 34.4 Å². The number of phenolic OH excluding ortho intramolecular Hbond substituents is 1. The van der Waals surface area contributed by atoms with Crippen molar-refractivity contribution in [1.29, 1.82) is 0 Å². The molecule has 6 heteroatoms. The summed E-state index contributed by atoms with van der Waals surface area (Å²) in [4.78, 5) is 19.1. The second kappa shape index (κ2) is 6.11. The van der Waals surface area contributed by atoms with E-state index >= 15 is 0 Å². The van der Waals surface area contributed by atoms with E-state index in [1.807, 2.05) is 11.8 Å². The number of rotatable bonds is 5. The Hall–Kier alpha value is -1.79. The molecule has 0 unspecified atom stereocenters. The van der Waals surface area contributed by atoms with Crippen LogP contribution in [0.25, 0.3) is 0 Å². The van der Waals surface area contributed by atoms with Crippen molar-refractivity contribution in [3.8, 4) is 5.75 Å². The van der Waals surface area contributed by atoms with Crippen LogP contribution >= 0.6 is 11.3 Å². The number of aromatic nitrogens is 1. The molecule has 0 fully saturated rings. The first kappa shape index (κ1) is 14.6. The number of halogens is 1. The van der Waals surface area contributed by atoms with Crippen LogP contribution in [0, 0.1) is 12.7 Å². The first-order chi connectivity index (χ1) is 9.47. The molecule has 0 bridgehead atoms. The largest absolute Gasteiger partial charge is 0.507 e. The second-order valence-electron chi connectivity index (χ2n) is 4.62. The number of thiazole rings is 1. The van der Waals surface area contributed by atoms with Gasteiger partial charge in [-0.2, -0.15) is 0 Å². The number of aromatic hydroxyl groups is 1. The number of carbonyl (C=O) groups excluding carboxylic acids is 1. The van der Waals surface area contributed by atoms with Gasteiger partial charge in [-0.3, -0.25) is 9.69 Å². The molecule has 0 aliphatic rings. The van der Waals surface area contributed by atoms with E-state index in [-0.39, 0.29) is 23.6 Å². The third-order valence-electron chi connectivity index (χ3n) is 2.93. The zero-order valence-corrected chi connectivity index (χ0v) is 12.1. The molecule has 0 aliphatic carbocycles. The molecular weight excluding hydrogens is 279 g/mol. The molecule has 106 valence electrons. The molecule has 0 saturated heterocycles. The van der Waals surface area contributed by atoms with Crippen LogP contribution in [0.3, 0.4) is 0 Å². The summed E-state index contributed by atoms with van der Waals surface area (Å²) in [5, 5.41) is 9.61. The van der Waals surface area contributed by atoms with E-state index in [1.54, 1.807) is 12.6 Å². The number of hydrogen-bond donors (Lipinski definition) is 1. The topological polar surface area (TPSA) is 53.4 Å². The Kier molecular flexibility index (Phi) is 4.46. The summed E-state index contributed by atoms with van der Waals surface area (Å²) in [6, 6.07) is 3.37. The first-order valence-corrected chi connectivity index (χ1v) is 6.94. The number of nitrogens with zero attached hydrogens (tertiary/aromatic N) is 2. The molecule has 2 rings (SSSR count). The molecule has 1 N–H and O–H groups in total. The Morgan fingerprint density at radius 3 is 2.90 bits per heavy atom. The van der Waals surface area contributed by atoms with Crippen molar-refractivity contribution in [3.63, 3.8) is 0 Å². The first-order valence-electron chi connectivity index (χ1n) is 6.06. The summed E-state index contributed by atoms with van der Waals surface area (Å²) in [6.45, 7) is 2.62. The van der Waals surface area contributed by atoms with Gasteiger partial charge in [0.1, 0.15) is 11.6 Å². The summed E-state index contributed by atoms with van der Waals surface area (Å²) in [6.07, 6.45) is 0. The van der Waals surface area contributed by atoms with Crippen molar-refractivity contribution in [2.45, 2.75) is 13.5 Å². The van der Waals surface area contributed by atoms with Crippen LogP contribution in [0.2, 0.25) is 0 Å². The van der Waals surface area contributed by atoms with Gasteiger partial charge in [0.15, 0.2) is 5.78 Å². The maximum Gasteiger partial charge on any atom is 0.180 e. The molecular formula is C14H15FN2O2S. The van der Waals surface area contributed by atoms with E-state index in [0.29, 0.717) is 6.54 Å². The van der Waals surface area contributed by atoms with Crippen molar-refractivity contribution in [2.75, 3.05) is 13.6 Å². The van der Waals surface area contributed by atoms with Crippen LogP contribution < -0.4 is 0 Å². The van der Waals surface area contributed by atoms with Gasteiger partial charge in [-0.15, -0.1) is 11.3 Å². The molecule has 4 nitrogen and oxygen atoms in total. The number of likely N-dealkylation sites (N-methyl/N-ethyl adjacent to an activating group) is 1. The minimum atomic E-state index is -0.535. The van der Waals surface area contributed by atoms with Crippen molar-refractivity contribution >= 4 is 17.1 Å². The normalized spacial score (nSPS) is 11.0. The van der Waals surface area contributed by atoms with Crippen molar-refractivity contribution in [3.05, 3.63) is 45.7 Å². The van der Waals surface area contributed by atoms with Crippen LogP contribution in [-0.2, 0) is 6.54 Å². The van der Waals surface area contributed by atoms with Crippen molar-refractivity contribution in [2.24, 2.45) is 0 Å². The Morgan fingerprint density at radius 2 is 2.25 bits per heavy atom.